The Kier molecular flexibility index (Phi) is 3.76. The first-order valence-corrected chi connectivity index (χ1v) is 6.53. The fraction of sp³-hybridized carbons (Fsp3) is 0.200. The summed E-state index contributed by atoms with van der Waals surface area (Å²) in [4.78, 5) is 1.22. The molecule has 0 aliphatic rings. The molecule has 0 aliphatic carbocycles. The van der Waals surface area contributed by atoms with Crippen molar-refractivity contribution in [3.05, 3.63) is 35.5 Å². The maximum Gasteiger partial charge on any atom is 0.148 e. The van der Waals surface area contributed by atoms with Gasteiger partial charge >= 0.3 is 0 Å². The summed E-state index contributed by atoms with van der Waals surface area (Å²) in [6.45, 7) is 2.08. The van der Waals surface area contributed by atoms with E-state index in [-0.39, 0.29) is 0 Å². The number of nitrogens with one attached hydrogen (secondary N) is 1. The number of nitrogen functional groups attached to an aromatic ring is 1. The fourth-order valence-corrected chi connectivity index (χ4v) is 2.62. The van der Waals surface area contributed by atoms with Crippen molar-refractivity contribution in [3.8, 4) is 0 Å². The first-order chi connectivity index (χ1) is 7.79. The molecule has 6 heteroatoms. The van der Waals surface area contributed by atoms with Crippen molar-refractivity contribution in [1.29, 1.82) is 0 Å². The van der Waals surface area contributed by atoms with E-state index in [1.807, 2.05) is 0 Å². The Labute approximate surface area is 102 Å². The van der Waals surface area contributed by atoms with Crippen LogP contribution in [0, 0.1) is 6.92 Å². The number of nitrogens with two attached hydrogens (primary N) is 1. The Morgan fingerprint density at radius 1 is 1.38 bits per heavy atom. The summed E-state index contributed by atoms with van der Waals surface area (Å²) < 4.78 is 3.86. The van der Waals surface area contributed by atoms with E-state index in [0.29, 0.717) is 0 Å². The minimum Gasteiger partial charge on any atom is -0.313 e. The van der Waals surface area contributed by atoms with E-state index in [0.717, 1.165) is 16.4 Å². The van der Waals surface area contributed by atoms with Gasteiger partial charge in [0.25, 0.3) is 0 Å². The van der Waals surface area contributed by atoms with Crippen LogP contribution < -0.4 is 11.3 Å². The van der Waals surface area contributed by atoms with E-state index in [2.05, 4.69) is 46.2 Å². The number of hydrogen-bond donors (Lipinski definition) is 2. The third-order valence-corrected chi connectivity index (χ3v) is 3.81. The van der Waals surface area contributed by atoms with Crippen LogP contribution in [0.1, 0.15) is 11.3 Å². The standard InChI is InChI=1S/C10H12N4S2/c1-7-2-4-8(5-3-7)15-6-9-10(12-11)16-14-13-9/h2-5,12H,6,11H2,1H3. The topological polar surface area (TPSA) is 63.8 Å². The normalized spacial score (nSPS) is 10.4. The molecule has 0 atom stereocenters. The number of rotatable bonds is 4. The predicted octanol–water partition coefficient (Wildman–Crippen LogP) is 2.42. The molecule has 4 nitrogen and oxygen atoms in total. The Morgan fingerprint density at radius 3 is 2.81 bits per heavy atom. The Bertz CT molecular complexity index is 452. The SMILES string of the molecule is Cc1ccc(SCc2nnsc2NN)cc1. The van der Waals surface area contributed by atoms with Gasteiger partial charge in [-0.05, 0) is 19.1 Å². The van der Waals surface area contributed by atoms with Crippen LogP contribution in [0.3, 0.4) is 0 Å². The first kappa shape index (κ1) is 11.4. The van der Waals surface area contributed by atoms with E-state index in [4.69, 9.17) is 5.84 Å². The lowest BCUT2D eigenvalue weighted by Gasteiger charge is -2.01. The van der Waals surface area contributed by atoms with Gasteiger partial charge in [0.2, 0.25) is 0 Å². The van der Waals surface area contributed by atoms with Gasteiger partial charge in [0.05, 0.1) is 0 Å². The number of hydrazine groups is 1. The van der Waals surface area contributed by atoms with Gasteiger partial charge in [0.1, 0.15) is 10.7 Å². The number of benzene rings is 1. The van der Waals surface area contributed by atoms with E-state index < -0.39 is 0 Å². The van der Waals surface area contributed by atoms with Crippen LogP contribution in [-0.4, -0.2) is 9.59 Å². The van der Waals surface area contributed by atoms with Crippen LogP contribution in [0.15, 0.2) is 29.2 Å². The van der Waals surface area contributed by atoms with Crippen molar-refractivity contribution in [2.75, 3.05) is 5.43 Å². The van der Waals surface area contributed by atoms with Crippen molar-refractivity contribution in [1.82, 2.24) is 9.59 Å². The van der Waals surface area contributed by atoms with Gasteiger partial charge in [-0.15, -0.1) is 16.9 Å². The van der Waals surface area contributed by atoms with Gasteiger partial charge in [-0.2, -0.15) is 0 Å². The van der Waals surface area contributed by atoms with E-state index >= 15 is 0 Å². The Morgan fingerprint density at radius 2 is 2.12 bits per heavy atom. The van der Waals surface area contributed by atoms with E-state index in [1.165, 1.54) is 22.0 Å². The number of thioether (sulfide) groups is 1. The molecule has 0 bridgehead atoms. The largest absolute Gasteiger partial charge is 0.313 e. The molecule has 2 rings (SSSR count). The molecule has 84 valence electrons. The highest BCUT2D eigenvalue weighted by Crippen LogP contribution is 2.26. The molecule has 0 radical (unpaired) electrons. The lowest BCUT2D eigenvalue weighted by Crippen LogP contribution is -2.06. The zero-order valence-electron chi connectivity index (χ0n) is 8.80. The zero-order chi connectivity index (χ0) is 11.4. The summed E-state index contributed by atoms with van der Waals surface area (Å²) in [6.07, 6.45) is 0. The Hall–Kier alpha value is -1.11. The van der Waals surface area contributed by atoms with Crippen LogP contribution in [0.5, 0.6) is 0 Å². The molecule has 0 spiro atoms. The number of nitrogens with zero attached hydrogens (tertiary/aromatic N) is 2. The second kappa shape index (κ2) is 5.29. The third-order valence-electron chi connectivity index (χ3n) is 2.08. The highest BCUT2D eigenvalue weighted by molar-refractivity contribution is 7.98. The average molecular weight is 252 g/mol. The van der Waals surface area contributed by atoms with Crippen molar-refractivity contribution < 1.29 is 0 Å². The minimum absolute atomic E-state index is 0.777. The molecule has 1 heterocycles. The number of aryl methyl sites for hydroxylation is 1. The fourth-order valence-electron chi connectivity index (χ4n) is 1.20. The quantitative estimate of drug-likeness (QED) is 0.497. The molecule has 0 saturated heterocycles. The minimum atomic E-state index is 0.777. The second-order valence-electron chi connectivity index (χ2n) is 3.29. The van der Waals surface area contributed by atoms with Crippen molar-refractivity contribution in [2.45, 2.75) is 17.6 Å². The van der Waals surface area contributed by atoms with Crippen LogP contribution in [-0.2, 0) is 5.75 Å². The molecule has 1 aromatic heterocycles. The Balaban J connectivity index is 1.99. The van der Waals surface area contributed by atoms with Crippen LogP contribution in [0.2, 0.25) is 0 Å². The molecule has 0 unspecified atom stereocenters. The van der Waals surface area contributed by atoms with Crippen molar-refractivity contribution >= 4 is 28.3 Å². The summed E-state index contributed by atoms with van der Waals surface area (Å²) in [7, 11) is 0. The van der Waals surface area contributed by atoms with E-state index in [9.17, 15) is 0 Å². The molecule has 1 aromatic carbocycles. The molecule has 3 N–H and O–H groups in total. The van der Waals surface area contributed by atoms with Crippen molar-refractivity contribution in [3.63, 3.8) is 0 Å². The predicted molar refractivity (Wildman–Crippen MR) is 68.5 cm³/mol. The smallest absolute Gasteiger partial charge is 0.148 e. The summed E-state index contributed by atoms with van der Waals surface area (Å²) >= 11 is 3.00. The van der Waals surface area contributed by atoms with Crippen molar-refractivity contribution in [2.24, 2.45) is 5.84 Å². The van der Waals surface area contributed by atoms with Crippen LogP contribution >= 0.6 is 23.3 Å². The number of anilines is 1. The molecule has 0 saturated carbocycles. The second-order valence-corrected chi connectivity index (χ2v) is 5.10. The summed E-state index contributed by atoms with van der Waals surface area (Å²) in [5.41, 5.74) is 4.77. The average Bonchev–Trinajstić information content (AvgIpc) is 2.76. The molecular weight excluding hydrogens is 240 g/mol. The molecule has 0 fully saturated rings. The highest BCUT2D eigenvalue weighted by Gasteiger charge is 2.06. The summed E-state index contributed by atoms with van der Waals surface area (Å²) in [5.74, 6) is 6.13. The maximum atomic E-state index is 5.36. The van der Waals surface area contributed by atoms with Gasteiger partial charge in [-0.1, -0.05) is 22.2 Å². The summed E-state index contributed by atoms with van der Waals surface area (Å²) in [5, 5.41) is 4.86. The first-order valence-electron chi connectivity index (χ1n) is 4.77. The van der Waals surface area contributed by atoms with Gasteiger partial charge in [0, 0.05) is 22.2 Å². The highest BCUT2D eigenvalue weighted by atomic mass is 32.2. The zero-order valence-corrected chi connectivity index (χ0v) is 10.4. The molecule has 0 aliphatic heterocycles. The van der Waals surface area contributed by atoms with Gasteiger partial charge in [-0.3, -0.25) is 0 Å². The lowest BCUT2D eigenvalue weighted by molar-refractivity contribution is 1.07. The summed E-state index contributed by atoms with van der Waals surface area (Å²) in [6, 6.07) is 8.41. The number of aromatic nitrogens is 2. The monoisotopic (exact) mass is 252 g/mol. The van der Waals surface area contributed by atoms with Crippen LogP contribution in [0.4, 0.5) is 5.00 Å². The lowest BCUT2D eigenvalue weighted by atomic mass is 10.2. The van der Waals surface area contributed by atoms with Gasteiger partial charge < -0.3 is 5.43 Å². The van der Waals surface area contributed by atoms with Gasteiger partial charge in [-0.25, -0.2) is 5.84 Å². The van der Waals surface area contributed by atoms with Crippen LogP contribution in [0.25, 0.3) is 0 Å². The molecule has 2 aromatic rings. The third kappa shape index (κ3) is 2.72. The maximum absolute atomic E-state index is 5.36. The molecule has 0 amide bonds. The van der Waals surface area contributed by atoms with E-state index in [1.54, 1.807) is 11.8 Å². The van der Waals surface area contributed by atoms with Gasteiger partial charge in [0.15, 0.2) is 0 Å². The molecule has 16 heavy (non-hydrogen) atoms. The number of hydrogen-bond acceptors (Lipinski definition) is 6. The molecular formula is C10H12N4S2.